The molecule has 1 aromatic rings. The lowest BCUT2D eigenvalue weighted by molar-refractivity contribution is 0.248. The Labute approximate surface area is 68.8 Å². The number of aliphatic hydroxyl groups is 1. The molecule has 0 fully saturated rings. The first-order valence-corrected chi connectivity index (χ1v) is 3.68. The second-order valence-electron chi connectivity index (χ2n) is 2.12. The summed E-state index contributed by atoms with van der Waals surface area (Å²) in [6, 6.07) is 0.219. The molecule has 0 aliphatic rings. The molecule has 0 spiro atoms. The SMILES string of the molecule is CCOc1n[nH]c(=O)n1CCO. The fourth-order valence-electron chi connectivity index (χ4n) is 0.840. The van der Waals surface area contributed by atoms with Crippen LogP contribution in [-0.4, -0.2) is 33.1 Å². The van der Waals surface area contributed by atoms with Gasteiger partial charge in [-0.25, -0.2) is 14.5 Å². The topological polar surface area (TPSA) is 80.1 Å². The van der Waals surface area contributed by atoms with Gasteiger partial charge in [-0.05, 0) is 6.92 Å². The molecule has 0 saturated carbocycles. The van der Waals surface area contributed by atoms with Crippen LogP contribution in [0, 0.1) is 0 Å². The minimum Gasteiger partial charge on any atom is -0.464 e. The maximum absolute atomic E-state index is 11.0. The molecule has 0 bridgehead atoms. The summed E-state index contributed by atoms with van der Waals surface area (Å²) in [6.07, 6.45) is 0. The number of H-pyrrole nitrogens is 1. The van der Waals surface area contributed by atoms with Crippen LogP contribution in [0.4, 0.5) is 0 Å². The largest absolute Gasteiger partial charge is 0.464 e. The first-order valence-electron chi connectivity index (χ1n) is 3.68. The summed E-state index contributed by atoms with van der Waals surface area (Å²) >= 11 is 0. The first-order chi connectivity index (χ1) is 5.79. The first kappa shape index (κ1) is 8.79. The van der Waals surface area contributed by atoms with E-state index in [1.807, 2.05) is 0 Å². The van der Waals surface area contributed by atoms with Gasteiger partial charge >= 0.3 is 11.7 Å². The molecule has 1 aromatic heterocycles. The van der Waals surface area contributed by atoms with Crippen LogP contribution in [0.5, 0.6) is 6.01 Å². The van der Waals surface area contributed by atoms with Gasteiger partial charge in [0, 0.05) is 0 Å². The lowest BCUT2D eigenvalue weighted by Crippen LogP contribution is -2.19. The predicted octanol–water partition coefficient (Wildman–Crippen LogP) is -1.04. The van der Waals surface area contributed by atoms with Gasteiger partial charge in [-0.15, -0.1) is 5.10 Å². The number of hydrogen-bond donors (Lipinski definition) is 2. The number of nitrogens with zero attached hydrogens (tertiary/aromatic N) is 2. The molecule has 1 rings (SSSR count). The number of ether oxygens (including phenoxy) is 1. The van der Waals surface area contributed by atoms with Gasteiger partial charge in [0.05, 0.1) is 19.8 Å². The molecule has 6 heteroatoms. The van der Waals surface area contributed by atoms with E-state index >= 15 is 0 Å². The molecule has 0 saturated heterocycles. The van der Waals surface area contributed by atoms with Gasteiger partial charge in [0.25, 0.3) is 0 Å². The predicted molar refractivity (Wildman–Crippen MR) is 41.1 cm³/mol. The van der Waals surface area contributed by atoms with Crippen LogP contribution in [0.25, 0.3) is 0 Å². The Balaban J connectivity index is 2.87. The fraction of sp³-hybridized carbons (Fsp3) is 0.667. The van der Waals surface area contributed by atoms with Crippen molar-refractivity contribution in [1.29, 1.82) is 0 Å². The molecule has 0 unspecified atom stereocenters. The van der Waals surface area contributed by atoms with Gasteiger partial charge in [0.2, 0.25) is 0 Å². The van der Waals surface area contributed by atoms with E-state index in [0.717, 1.165) is 0 Å². The zero-order valence-corrected chi connectivity index (χ0v) is 6.78. The normalized spacial score (nSPS) is 10.2. The van der Waals surface area contributed by atoms with Crippen molar-refractivity contribution in [3.63, 3.8) is 0 Å². The third-order valence-corrected chi connectivity index (χ3v) is 1.32. The minimum absolute atomic E-state index is 0.112. The van der Waals surface area contributed by atoms with E-state index < -0.39 is 0 Å². The van der Waals surface area contributed by atoms with Crippen molar-refractivity contribution in [2.45, 2.75) is 13.5 Å². The van der Waals surface area contributed by atoms with Crippen LogP contribution in [0.1, 0.15) is 6.92 Å². The lowest BCUT2D eigenvalue weighted by atomic mass is 10.7. The summed E-state index contributed by atoms with van der Waals surface area (Å²) in [4.78, 5) is 11.0. The highest BCUT2D eigenvalue weighted by atomic mass is 16.5. The third kappa shape index (κ3) is 1.65. The molecule has 6 nitrogen and oxygen atoms in total. The van der Waals surface area contributed by atoms with Crippen molar-refractivity contribution in [3.05, 3.63) is 10.5 Å². The number of aromatic nitrogens is 3. The smallest absolute Gasteiger partial charge is 0.346 e. The zero-order chi connectivity index (χ0) is 8.97. The second kappa shape index (κ2) is 3.91. The molecule has 68 valence electrons. The van der Waals surface area contributed by atoms with E-state index in [1.54, 1.807) is 6.92 Å². The van der Waals surface area contributed by atoms with Gasteiger partial charge in [0.1, 0.15) is 0 Å². The highest BCUT2D eigenvalue weighted by Crippen LogP contribution is 1.99. The van der Waals surface area contributed by atoms with Crippen LogP contribution in [0.3, 0.4) is 0 Å². The Kier molecular flexibility index (Phi) is 2.87. The van der Waals surface area contributed by atoms with Crippen molar-refractivity contribution in [2.24, 2.45) is 0 Å². The van der Waals surface area contributed by atoms with Gasteiger partial charge < -0.3 is 9.84 Å². The van der Waals surface area contributed by atoms with E-state index in [2.05, 4.69) is 10.2 Å². The average molecular weight is 173 g/mol. The van der Waals surface area contributed by atoms with E-state index in [4.69, 9.17) is 9.84 Å². The molecule has 0 aliphatic heterocycles. The van der Waals surface area contributed by atoms with Gasteiger partial charge in [0.15, 0.2) is 0 Å². The summed E-state index contributed by atoms with van der Waals surface area (Å²) in [5.41, 5.74) is -0.368. The summed E-state index contributed by atoms with van der Waals surface area (Å²) in [5.74, 6) is 0. The standard InChI is InChI=1S/C6H11N3O3/c1-2-12-6-8-7-5(11)9(6)3-4-10/h10H,2-4H2,1H3,(H,7,11). The van der Waals surface area contributed by atoms with Gasteiger partial charge in [-0.3, -0.25) is 0 Å². The molecule has 2 N–H and O–H groups in total. The van der Waals surface area contributed by atoms with Crippen molar-refractivity contribution < 1.29 is 9.84 Å². The molecule has 0 radical (unpaired) electrons. The number of aromatic amines is 1. The van der Waals surface area contributed by atoms with Gasteiger partial charge in [-0.1, -0.05) is 0 Å². The van der Waals surface area contributed by atoms with Gasteiger partial charge in [-0.2, -0.15) is 0 Å². The Hall–Kier alpha value is -1.30. The Morgan fingerprint density at radius 1 is 1.75 bits per heavy atom. The Bertz CT molecular complexity index is 290. The van der Waals surface area contributed by atoms with Crippen LogP contribution < -0.4 is 10.4 Å². The Morgan fingerprint density at radius 3 is 3.08 bits per heavy atom. The summed E-state index contributed by atoms with van der Waals surface area (Å²) in [7, 11) is 0. The monoisotopic (exact) mass is 173 g/mol. The van der Waals surface area contributed by atoms with Crippen molar-refractivity contribution in [2.75, 3.05) is 13.2 Å². The van der Waals surface area contributed by atoms with E-state index in [9.17, 15) is 4.79 Å². The molecule has 0 atom stereocenters. The highest BCUT2D eigenvalue weighted by Gasteiger charge is 2.06. The maximum atomic E-state index is 11.0. The van der Waals surface area contributed by atoms with Crippen molar-refractivity contribution >= 4 is 0 Å². The van der Waals surface area contributed by atoms with E-state index in [1.165, 1.54) is 4.57 Å². The molecular formula is C6H11N3O3. The van der Waals surface area contributed by atoms with Crippen LogP contribution >= 0.6 is 0 Å². The molecule has 12 heavy (non-hydrogen) atoms. The quantitative estimate of drug-likeness (QED) is 0.609. The fourth-order valence-corrected chi connectivity index (χ4v) is 0.840. The Morgan fingerprint density at radius 2 is 2.50 bits per heavy atom. The summed E-state index contributed by atoms with van der Waals surface area (Å²) in [5, 5.41) is 14.4. The molecular weight excluding hydrogens is 162 g/mol. The lowest BCUT2D eigenvalue weighted by Gasteiger charge is -2.02. The second-order valence-corrected chi connectivity index (χ2v) is 2.12. The summed E-state index contributed by atoms with van der Waals surface area (Å²) < 4.78 is 6.26. The number of hydrogen-bond acceptors (Lipinski definition) is 4. The molecule has 0 amide bonds. The molecule has 0 aromatic carbocycles. The highest BCUT2D eigenvalue weighted by molar-refractivity contribution is 4.91. The number of rotatable bonds is 4. The minimum atomic E-state index is -0.368. The van der Waals surface area contributed by atoms with Crippen LogP contribution in [0.15, 0.2) is 4.79 Å². The third-order valence-electron chi connectivity index (χ3n) is 1.32. The zero-order valence-electron chi connectivity index (χ0n) is 6.78. The van der Waals surface area contributed by atoms with E-state index in [-0.39, 0.29) is 24.9 Å². The van der Waals surface area contributed by atoms with E-state index in [0.29, 0.717) is 6.61 Å². The summed E-state index contributed by atoms with van der Waals surface area (Å²) in [6.45, 7) is 2.32. The molecule has 0 aliphatic carbocycles. The van der Waals surface area contributed by atoms with Crippen LogP contribution in [0.2, 0.25) is 0 Å². The van der Waals surface area contributed by atoms with Crippen molar-refractivity contribution in [1.82, 2.24) is 14.8 Å². The average Bonchev–Trinajstić information content (AvgIpc) is 2.37. The van der Waals surface area contributed by atoms with Crippen LogP contribution in [-0.2, 0) is 6.54 Å². The maximum Gasteiger partial charge on any atom is 0.346 e. The van der Waals surface area contributed by atoms with Crippen molar-refractivity contribution in [3.8, 4) is 6.01 Å². The molecule has 1 heterocycles. The number of nitrogens with one attached hydrogen (secondary N) is 1. The number of aliphatic hydroxyl groups excluding tert-OH is 1.